The van der Waals surface area contributed by atoms with Crippen molar-refractivity contribution < 1.29 is 18.3 Å². The topological polar surface area (TPSA) is 90.0 Å². The molecule has 8 heteroatoms. The predicted molar refractivity (Wildman–Crippen MR) is 207 cm³/mol. The fraction of sp³-hybridized carbons (Fsp3) is 0.744. The van der Waals surface area contributed by atoms with E-state index in [1.54, 1.807) is 16.4 Å². The average Bonchev–Trinajstić information content (AvgIpc) is 3.45. The molecule has 0 bridgehead atoms. The quantitative estimate of drug-likeness (QED) is 0.265. The number of carboxylic acid groups (broad SMARTS) is 1. The van der Waals surface area contributed by atoms with Crippen molar-refractivity contribution in [2.24, 2.45) is 51.2 Å². The Hall–Kier alpha value is -2.00. The van der Waals surface area contributed by atoms with Gasteiger partial charge in [-0.25, -0.2) is 13.2 Å². The zero-order chi connectivity index (χ0) is 36.8. The maximum absolute atomic E-state index is 12.1. The molecule has 0 radical (unpaired) electrons. The second-order valence-corrected chi connectivity index (χ2v) is 21.2. The van der Waals surface area contributed by atoms with E-state index in [1.165, 1.54) is 74.3 Å². The molecule has 6 aliphatic rings. The Kier molecular flexibility index (Phi) is 9.37. The van der Waals surface area contributed by atoms with Gasteiger partial charge >= 0.3 is 5.97 Å². The lowest BCUT2D eigenvalue weighted by Crippen LogP contribution is -2.68. The van der Waals surface area contributed by atoms with Crippen LogP contribution in [-0.4, -0.2) is 79.8 Å². The van der Waals surface area contributed by atoms with Crippen LogP contribution >= 0.6 is 0 Å². The highest BCUT2D eigenvalue weighted by atomic mass is 32.2. The third-order valence-corrected chi connectivity index (χ3v) is 18.1. The van der Waals surface area contributed by atoms with E-state index in [1.807, 2.05) is 12.1 Å². The molecule has 1 aliphatic heterocycles. The Morgan fingerprint density at radius 1 is 0.902 bits per heavy atom. The summed E-state index contributed by atoms with van der Waals surface area (Å²) in [6.45, 7) is 24.6. The Morgan fingerprint density at radius 2 is 1.59 bits per heavy atom. The fourth-order valence-corrected chi connectivity index (χ4v) is 14.9. The summed E-state index contributed by atoms with van der Waals surface area (Å²) in [5.74, 6) is 2.25. The van der Waals surface area contributed by atoms with E-state index in [2.05, 4.69) is 64.4 Å². The van der Waals surface area contributed by atoms with Crippen LogP contribution in [0.15, 0.2) is 42.5 Å². The molecule has 0 spiro atoms. The molecular formula is C43H65N3O4S. The number of aromatic carboxylic acids is 1. The van der Waals surface area contributed by atoms with E-state index in [9.17, 15) is 18.3 Å². The molecule has 4 saturated carbocycles. The molecule has 1 aromatic rings. The van der Waals surface area contributed by atoms with Crippen molar-refractivity contribution >= 4 is 21.6 Å². The van der Waals surface area contributed by atoms with Gasteiger partial charge in [-0.2, -0.15) is 4.31 Å². The fourth-order valence-electron chi connectivity index (χ4n) is 14.1. The summed E-state index contributed by atoms with van der Waals surface area (Å²) in [5.41, 5.74) is 5.25. The van der Waals surface area contributed by atoms with Crippen LogP contribution in [0.1, 0.15) is 115 Å². The van der Waals surface area contributed by atoms with Crippen molar-refractivity contribution in [2.75, 3.05) is 45.5 Å². The molecule has 2 N–H and O–H groups in total. The molecule has 51 heavy (non-hydrogen) atoms. The molecule has 5 fully saturated rings. The largest absolute Gasteiger partial charge is 0.478 e. The molecular weight excluding hydrogens is 655 g/mol. The third-order valence-electron chi connectivity index (χ3n) is 16.8. The number of nitrogens with one attached hydrogen (secondary N) is 1. The van der Waals surface area contributed by atoms with Gasteiger partial charge in [0.05, 0.1) is 11.8 Å². The summed E-state index contributed by atoms with van der Waals surface area (Å²) in [6, 6.07) is 7.59. The molecule has 0 amide bonds. The second kappa shape index (κ2) is 12.8. The number of hydrogen-bond acceptors (Lipinski definition) is 5. The first-order valence-electron chi connectivity index (χ1n) is 20.0. The Labute approximate surface area is 308 Å². The van der Waals surface area contributed by atoms with E-state index >= 15 is 0 Å². The van der Waals surface area contributed by atoms with Gasteiger partial charge in [0, 0.05) is 44.8 Å². The Bertz CT molecular complexity index is 1680. The van der Waals surface area contributed by atoms with Crippen LogP contribution in [0.3, 0.4) is 0 Å². The maximum Gasteiger partial charge on any atom is 0.335 e. The van der Waals surface area contributed by atoms with E-state index < -0.39 is 16.0 Å². The van der Waals surface area contributed by atoms with Gasteiger partial charge in [-0.05, 0) is 139 Å². The first-order chi connectivity index (χ1) is 23.9. The monoisotopic (exact) mass is 719 g/mol. The number of rotatable bonds is 8. The van der Waals surface area contributed by atoms with Gasteiger partial charge in [0.2, 0.25) is 10.0 Å². The normalized spacial score (nSPS) is 41.1. The summed E-state index contributed by atoms with van der Waals surface area (Å²) in [6.07, 6.45) is 15.1. The molecule has 9 unspecified atom stereocenters. The van der Waals surface area contributed by atoms with Crippen molar-refractivity contribution in [1.29, 1.82) is 0 Å². The summed E-state index contributed by atoms with van der Waals surface area (Å²) in [5, 5.41) is 13.7. The molecule has 1 saturated heterocycles. The minimum Gasteiger partial charge on any atom is -0.478 e. The number of carbonyl (C=O) groups is 1. The maximum atomic E-state index is 12.1. The summed E-state index contributed by atoms with van der Waals surface area (Å²) in [7, 11) is -3.12. The zero-order valence-corrected chi connectivity index (χ0v) is 33.4. The van der Waals surface area contributed by atoms with Gasteiger partial charge in [-0.3, -0.25) is 4.90 Å². The lowest BCUT2D eigenvalue weighted by molar-refractivity contribution is -0.219. The summed E-state index contributed by atoms with van der Waals surface area (Å²) >= 11 is 0. The summed E-state index contributed by atoms with van der Waals surface area (Å²) < 4.78 is 25.7. The van der Waals surface area contributed by atoms with Gasteiger partial charge in [-0.15, -0.1) is 0 Å². The van der Waals surface area contributed by atoms with Gasteiger partial charge in [0.15, 0.2) is 0 Å². The van der Waals surface area contributed by atoms with Crippen LogP contribution in [-0.2, 0) is 10.0 Å². The first kappa shape index (κ1) is 37.3. The number of carboxylic acids is 1. The van der Waals surface area contributed by atoms with Crippen molar-refractivity contribution in [1.82, 2.24) is 14.5 Å². The second-order valence-electron chi connectivity index (χ2n) is 19.2. The van der Waals surface area contributed by atoms with E-state index in [0.29, 0.717) is 48.2 Å². The molecule has 0 aromatic heterocycles. The van der Waals surface area contributed by atoms with Crippen LogP contribution in [0, 0.1) is 51.2 Å². The zero-order valence-electron chi connectivity index (χ0n) is 32.6. The lowest BCUT2D eigenvalue weighted by Gasteiger charge is -2.72. The van der Waals surface area contributed by atoms with E-state index in [-0.39, 0.29) is 27.2 Å². The number of piperazine rings is 1. The number of nitrogens with zero attached hydrogens (tertiary/aromatic N) is 2. The lowest BCUT2D eigenvalue weighted by atomic mass is 9.33. The highest BCUT2D eigenvalue weighted by Gasteiger charge is 2.70. The smallest absolute Gasteiger partial charge is 0.335 e. The van der Waals surface area contributed by atoms with Gasteiger partial charge < -0.3 is 10.4 Å². The molecule has 1 aromatic carbocycles. The SMILES string of the molecule is C=C(C)C1CCC2(NCCN3CCN(S(C)(=O)=O)CC3)CCC3(C)C(CCC4C5(C)CC=C(c6ccc(C(=O)O)cc6)C(C)(C)C5CCC43C)C12. The number of sulfonamides is 1. The van der Waals surface area contributed by atoms with Crippen LogP contribution in [0.2, 0.25) is 0 Å². The number of hydrogen-bond donors (Lipinski definition) is 2. The number of fused-ring (bicyclic) bond motifs is 7. The molecule has 1 heterocycles. The molecule has 7 rings (SSSR count). The predicted octanol–water partition coefficient (Wildman–Crippen LogP) is 7.95. The molecule has 7 nitrogen and oxygen atoms in total. The molecule has 282 valence electrons. The standard InChI is InChI=1S/C43H65N3O4S/c1-29(2)32-15-20-43(44-23-24-45-25-27-46(28-26-45)51(8,49)50)22-21-41(6)34(37(32)43)13-14-36-40(5)18-16-33(30-9-11-31(12-10-30)38(47)48)39(3,4)35(40)17-19-42(36,41)7/h9-12,16,32,34-37,44H,1,13-15,17-28H2,2-8H3,(H,47,48). The number of allylic oxidation sites excluding steroid dienone is 3. The van der Waals surface area contributed by atoms with Crippen molar-refractivity contribution in [3.8, 4) is 0 Å². The average molecular weight is 720 g/mol. The minimum atomic E-state index is -3.12. The highest BCUT2D eigenvalue weighted by molar-refractivity contribution is 7.88. The number of benzene rings is 1. The highest BCUT2D eigenvalue weighted by Crippen LogP contribution is 2.76. The van der Waals surface area contributed by atoms with Gasteiger partial charge in [0.1, 0.15) is 0 Å². The van der Waals surface area contributed by atoms with Crippen molar-refractivity contribution in [3.05, 3.63) is 53.6 Å². The van der Waals surface area contributed by atoms with Gasteiger partial charge in [-0.1, -0.05) is 65.0 Å². The Morgan fingerprint density at radius 3 is 2.22 bits per heavy atom. The Balaban J connectivity index is 1.12. The van der Waals surface area contributed by atoms with Crippen molar-refractivity contribution in [2.45, 2.75) is 105 Å². The van der Waals surface area contributed by atoms with Crippen LogP contribution in [0.4, 0.5) is 0 Å². The minimum absolute atomic E-state index is 0.0103. The third kappa shape index (κ3) is 5.83. The van der Waals surface area contributed by atoms with E-state index in [0.717, 1.165) is 32.6 Å². The van der Waals surface area contributed by atoms with Crippen LogP contribution in [0.5, 0.6) is 0 Å². The summed E-state index contributed by atoms with van der Waals surface area (Å²) in [4.78, 5) is 14.0. The molecule has 9 atom stereocenters. The molecule has 5 aliphatic carbocycles. The van der Waals surface area contributed by atoms with Gasteiger partial charge in [0.25, 0.3) is 0 Å². The van der Waals surface area contributed by atoms with Crippen LogP contribution < -0.4 is 5.32 Å². The van der Waals surface area contributed by atoms with E-state index in [4.69, 9.17) is 0 Å². The first-order valence-corrected chi connectivity index (χ1v) is 21.8. The van der Waals surface area contributed by atoms with Crippen LogP contribution in [0.25, 0.3) is 5.57 Å². The van der Waals surface area contributed by atoms with Crippen molar-refractivity contribution in [3.63, 3.8) is 0 Å².